The fourth-order valence-electron chi connectivity index (χ4n) is 2.72. The van der Waals surface area contributed by atoms with E-state index in [1.54, 1.807) is 24.3 Å². The van der Waals surface area contributed by atoms with Crippen molar-refractivity contribution >= 4 is 11.9 Å². The predicted octanol–water partition coefficient (Wildman–Crippen LogP) is 2.52. The van der Waals surface area contributed by atoms with E-state index in [1.807, 2.05) is 0 Å². The van der Waals surface area contributed by atoms with Crippen LogP contribution < -0.4 is 14.8 Å². The molecule has 138 valence electrons. The Labute approximate surface area is 150 Å². The molecule has 1 aliphatic carbocycles. The fourth-order valence-corrected chi connectivity index (χ4v) is 2.72. The molecule has 1 fully saturated rings. The van der Waals surface area contributed by atoms with Gasteiger partial charge in [-0.3, -0.25) is 9.59 Å². The molecule has 1 atom stereocenters. The molecule has 8 heteroatoms. The van der Waals surface area contributed by atoms with Crippen molar-refractivity contribution in [2.75, 3.05) is 14.2 Å². The van der Waals surface area contributed by atoms with Crippen LogP contribution in [-0.4, -0.2) is 36.4 Å². The van der Waals surface area contributed by atoms with Crippen LogP contribution in [0.1, 0.15) is 53.0 Å². The number of aromatic nitrogens is 1. The molecule has 0 bridgehead atoms. The van der Waals surface area contributed by atoms with Gasteiger partial charge >= 0.3 is 5.97 Å². The SMILES string of the molecule is COc1ccc(C(CC(=O)O)NC(=O)c2cc(C3CC3)no2)c(OC)c1. The van der Waals surface area contributed by atoms with E-state index >= 15 is 0 Å². The van der Waals surface area contributed by atoms with E-state index in [2.05, 4.69) is 10.5 Å². The van der Waals surface area contributed by atoms with Crippen molar-refractivity contribution < 1.29 is 28.7 Å². The monoisotopic (exact) mass is 360 g/mol. The summed E-state index contributed by atoms with van der Waals surface area (Å²) in [7, 11) is 2.99. The van der Waals surface area contributed by atoms with E-state index in [1.165, 1.54) is 14.2 Å². The highest BCUT2D eigenvalue weighted by Crippen LogP contribution is 2.39. The number of carboxylic acid groups (broad SMARTS) is 1. The molecule has 0 aliphatic heterocycles. The quantitative estimate of drug-likeness (QED) is 0.744. The number of methoxy groups -OCH3 is 2. The number of rotatable bonds is 8. The Bertz CT molecular complexity index is 812. The van der Waals surface area contributed by atoms with Gasteiger partial charge in [-0.25, -0.2) is 0 Å². The van der Waals surface area contributed by atoms with Gasteiger partial charge in [0, 0.05) is 23.6 Å². The molecule has 8 nitrogen and oxygen atoms in total. The maximum Gasteiger partial charge on any atom is 0.305 e. The molecule has 1 aromatic heterocycles. The lowest BCUT2D eigenvalue weighted by molar-refractivity contribution is -0.137. The highest BCUT2D eigenvalue weighted by molar-refractivity contribution is 5.92. The van der Waals surface area contributed by atoms with E-state index in [-0.39, 0.29) is 12.2 Å². The molecular weight excluding hydrogens is 340 g/mol. The van der Waals surface area contributed by atoms with E-state index in [0.29, 0.717) is 23.0 Å². The molecule has 2 N–H and O–H groups in total. The maximum absolute atomic E-state index is 12.5. The number of hydrogen-bond acceptors (Lipinski definition) is 6. The van der Waals surface area contributed by atoms with Crippen molar-refractivity contribution in [2.24, 2.45) is 0 Å². The Hall–Kier alpha value is -3.03. The highest BCUT2D eigenvalue weighted by atomic mass is 16.5. The second-order valence-corrected chi connectivity index (χ2v) is 6.12. The van der Waals surface area contributed by atoms with E-state index in [9.17, 15) is 14.7 Å². The lowest BCUT2D eigenvalue weighted by Crippen LogP contribution is -2.30. The van der Waals surface area contributed by atoms with E-state index in [0.717, 1.165) is 18.5 Å². The van der Waals surface area contributed by atoms with Crippen molar-refractivity contribution in [3.8, 4) is 11.5 Å². The first kappa shape index (κ1) is 17.8. The molecule has 3 rings (SSSR count). The molecule has 26 heavy (non-hydrogen) atoms. The van der Waals surface area contributed by atoms with Crippen molar-refractivity contribution in [3.05, 3.63) is 41.3 Å². The number of carbonyl (C=O) groups is 2. The van der Waals surface area contributed by atoms with Gasteiger partial charge in [0.25, 0.3) is 5.91 Å². The number of hydrogen-bond donors (Lipinski definition) is 2. The molecule has 0 saturated heterocycles. The van der Waals surface area contributed by atoms with Crippen LogP contribution in [0.2, 0.25) is 0 Å². The summed E-state index contributed by atoms with van der Waals surface area (Å²) in [5.41, 5.74) is 1.29. The third-order valence-corrected chi connectivity index (χ3v) is 4.25. The molecule has 1 saturated carbocycles. The van der Waals surface area contributed by atoms with Gasteiger partial charge in [-0.2, -0.15) is 0 Å². The van der Waals surface area contributed by atoms with Crippen LogP contribution in [0, 0.1) is 0 Å². The van der Waals surface area contributed by atoms with Gasteiger partial charge in [0.2, 0.25) is 5.76 Å². The van der Waals surface area contributed by atoms with Crippen LogP contribution in [0.25, 0.3) is 0 Å². The van der Waals surface area contributed by atoms with Gasteiger partial charge in [0.15, 0.2) is 0 Å². The van der Waals surface area contributed by atoms with E-state index < -0.39 is 17.9 Å². The van der Waals surface area contributed by atoms with Gasteiger partial charge in [-0.05, 0) is 25.0 Å². The number of ether oxygens (including phenoxy) is 2. The predicted molar refractivity (Wildman–Crippen MR) is 90.5 cm³/mol. The van der Waals surface area contributed by atoms with Crippen molar-refractivity contribution in [1.82, 2.24) is 10.5 Å². The Morgan fingerprint density at radius 1 is 1.31 bits per heavy atom. The molecular formula is C18H20N2O6. The summed E-state index contributed by atoms with van der Waals surface area (Å²) in [5, 5.41) is 15.8. The maximum atomic E-state index is 12.5. The van der Waals surface area contributed by atoms with Crippen LogP contribution in [0.5, 0.6) is 11.5 Å². The van der Waals surface area contributed by atoms with Crippen LogP contribution in [0.4, 0.5) is 0 Å². The summed E-state index contributed by atoms with van der Waals surface area (Å²) in [6, 6.07) is 5.79. The minimum absolute atomic E-state index is 0.0646. The van der Waals surface area contributed by atoms with Gasteiger partial charge in [-0.15, -0.1) is 0 Å². The molecule has 1 heterocycles. The van der Waals surface area contributed by atoms with Crippen LogP contribution >= 0.6 is 0 Å². The molecule has 1 aromatic carbocycles. The largest absolute Gasteiger partial charge is 0.497 e. The number of carboxylic acids is 1. The molecule has 0 spiro atoms. The Kier molecular flexibility index (Phi) is 5.11. The number of nitrogens with zero attached hydrogens (tertiary/aromatic N) is 1. The molecule has 1 amide bonds. The lowest BCUT2D eigenvalue weighted by Gasteiger charge is -2.19. The number of amides is 1. The first-order chi connectivity index (χ1) is 12.5. The van der Waals surface area contributed by atoms with Crippen molar-refractivity contribution in [1.29, 1.82) is 0 Å². The number of carbonyl (C=O) groups excluding carboxylic acids is 1. The van der Waals surface area contributed by atoms with Gasteiger partial charge in [0.05, 0.1) is 32.4 Å². The summed E-state index contributed by atoms with van der Waals surface area (Å²) >= 11 is 0. The first-order valence-electron chi connectivity index (χ1n) is 8.23. The summed E-state index contributed by atoms with van der Waals surface area (Å²) in [6.45, 7) is 0. The zero-order chi connectivity index (χ0) is 18.7. The minimum atomic E-state index is -1.05. The van der Waals surface area contributed by atoms with Gasteiger partial charge < -0.3 is 24.4 Å². The van der Waals surface area contributed by atoms with Gasteiger partial charge in [0.1, 0.15) is 11.5 Å². The normalized spacial score (nSPS) is 14.5. The molecule has 1 aliphatic rings. The fraction of sp³-hybridized carbons (Fsp3) is 0.389. The van der Waals surface area contributed by atoms with Crippen LogP contribution in [-0.2, 0) is 4.79 Å². The van der Waals surface area contributed by atoms with E-state index in [4.69, 9.17) is 14.0 Å². The molecule has 2 aromatic rings. The first-order valence-corrected chi connectivity index (χ1v) is 8.23. The van der Waals surface area contributed by atoms with Crippen molar-refractivity contribution in [2.45, 2.75) is 31.2 Å². The second-order valence-electron chi connectivity index (χ2n) is 6.12. The minimum Gasteiger partial charge on any atom is -0.497 e. The Morgan fingerprint density at radius 2 is 2.08 bits per heavy atom. The van der Waals surface area contributed by atoms with Gasteiger partial charge in [-0.1, -0.05) is 5.16 Å². The number of nitrogens with one attached hydrogen (secondary N) is 1. The Morgan fingerprint density at radius 3 is 2.69 bits per heavy atom. The third kappa shape index (κ3) is 3.96. The number of aliphatic carboxylic acids is 1. The summed E-state index contributed by atoms with van der Waals surface area (Å²) in [6.07, 6.45) is 1.77. The van der Waals surface area contributed by atoms with Crippen LogP contribution in [0.15, 0.2) is 28.8 Å². The molecule has 0 radical (unpaired) electrons. The summed E-state index contributed by atoms with van der Waals surface area (Å²) < 4.78 is 15.6. The highest BCUT2D eigenvalue weighted by Gasteiger charge is 2.29. The zero-order valence-electron chi connectivity index (χ0n) is 14.5. The average Bonchev–Trinajstić information content (AvgIpc) is 3.36. The second kappa shape index (κ2) is 7.47. The molecule has 1 unspecified atom stereocenters. The lowest BCUT2D eigenvalue weighted by atomic mass is 10.0. The van der Waals surface area contributed by atoms with Crippen molar-refractivity contribution in [3.63, 3.8) is 0 Å². The average molecular weight is 360 g/mol. The standard InChI is InChI=1S/C18H20N2O6/c1-24-11-5-6-12(15(7-11)25-2)14(9-17(21)22)19-18(23)16-8-13(20-26-16)10-3-4-10/h5-8,10,14H,3-4,9H2,1-2H3,(H,19,23)(H,21,22). The number of benzene rings is 1. The summed E-state index contributed by atoms with van der Waals surface area (Å²) in [4.78, 5) is 23.8. The Balaban J connectivity index is 1.83. The zero-order valence-corrected chi connectivity index (χ0v) is 14.5. The smallest absolute Gasteiger partial charge is 0.305 e. The summed E-state index contributed by atoms with van der Waals surface area (Å²) in [5.74, 6) is -0.160. The van der Waals surface area contributed by atoms with Crippen LogP contribution in [0.3, 0.4) is 0 Å². The third-order valence-electron chi connectivity index (χ3n) is 4.25. The topological polar surface area (TPSA) is 111 Å².